The number of unbranched alkanes of at least 4 members (excludes halogenated alkanes) is 1. The predicted molar refractivity (Wildman–Crippen MR) is 72.2 cm³/mol. The Bertz CT molecular complexity index is 279. The van der Waals surface area contributed by atoms with Gasteiger partial charge in [-0.15, -0.1) is 11.6 Å². The normalized spacial score (nSPS) is 11.0. The molecule has 90 valence electrons. The van der Waals surface area contributed by atoms with Crippen LogP contribution < -0.4 is 5.32 Å². The molecule has 0 aliphatic carbocycles. The molecule has 1 nitrogen and oxygen atoms in total. The van der Waals surface area contributed by atoms with E-state index in [4.69, 9.17) is 11.6 Å². The first kappa shape index (κ1) is 13.5. The molecule has 0 spiro atoms. The summed E-state index contributed by atoms with van der Waals surface area (Å²) in [6.45, 7) is 6.46. The number of alkyl halides is 1. The minimum Gasteiger partial charge on any atom is -0.313 e. The Morgan fingerprint density at radius 1 is 1.12 bits per heavy atom. The predicted octanol–water partition coefficient (Wildman–Crippen LogP) is 3.92. The molecular formula is C14H22ClN. The molecule has 1 aromatic carbocycles. The van der Waals surface area contributed by atoms with E-state index in [-0.39, 0.29) is 0 Å². The lowest BCUT2D eigenvalue weighted by Gasteiger charge is -2.07. The third-order valence-corrected chi connectivity index (χ3v) is 2.98. The van der Waals surface area contributed by atoms with Crippen molar-refractivity contribution < 1.29 is 0 Å². The number of hydrogen-bond acceptors (Lipinski definition) is 1. The smallest absolute Gasteiger partial charge is 0.0223 e. The SMILES string of the molecule is CC(C)c1ccc(CNCCCCCl)cc1. The summed E-state index contributed by atoms with van der Waals surface area (Å²) in [5, 5.41) is 3.43. The van der Waals surface area contributed by atoms with Crippen molar-refractivity contribution in [3.63, 3.8) is 0 Å². The third-order valence-electron chi connectivity index (χ3n) is 2.71. The molecule has 1 aromatic rings. The zero-order valence-electron chi connectivity index (χ0n) is 10.3. The fraction of sp³-hybridized carbons (Fsp3) is 0.571. The van der Waals surface area contributed by atoms with E-state index >= 15 is 0 Å². The molecule has 16 heavy (non-hydrogen) atoms. The summed E-state index contributed by atoms with van der Waals surface area (Å²) in [5.41, 5.74) is 2.76. The van der Waals surface area contributed by atoms with Gasteiger partial charge in [0, 0.05) is 12.4 Å². The van der Waals surface area contributed by atoms with Crippen LogP contribution in [0, 0.1) is 0 Å². The van der Waals surface area contributed by atoms with Crippen LogP contribution in [0.25, 0.3) is 0 Å². The lowest BCUT2D eigenvalue weighted by molar-refractivity contribution is 0.643. The number of halogens is 1. The maximum atomic E-state index is 5.62. The molecule has 1 N–H and O–H groups in total. The van der Waals surface area contributed by atoms with Crippen molar-refractivity contribution in [2.24, 2.45) is 0 Å². The molecule has 0 saturated heterocycles. The van der Waals surface area contributed by atoms with E-state index in [1.54, 1.807) is 0 Å². The van der Waals surface area contributed by atoms with Crippen LogP contribution in [0.3, 0.4) is 0 Å². The summed E-state index contributed by atoms with van der Waals surface area (Å²) in [5.74, 6) is 1.39. The second-order valence-corrected chi connectivity index (χ2v) is 4.85. The van der Waals surface area contributed by atoms with E-state index < -0.39 is 0 Å². The van der Waals surface area contributed by atoms with Crippen molar-refractivity contribution in [3.8, 4) is 0 Å². The Labute approximate surface area is 104 Å². The molecule has 0 fully saturated rings. The minimum absolute atomic E-state index is 0.616. The van der Waals surface area contributed by atoms with Crippen LogP contribution in [0.4, 0.5) is 0 Å². The Morgan fingerprint density at radius 3 is 2.38 bits per heavy atom. The molecule has 2 heteroatoms. The molecule has 0 unspecified atom stereocenters. The Hall–Kier alpha value is -0.530. The van der Waals surface area contributed by atoms with Crippen LogP contribution >= 0.6 is 11.6 Å². The Balaban J connectivity index is 2.27. The van der Waals surface area contributed by atoms with Crippen molar-refractivity contribution in [1.29, 1.82) is 0 Å². The van der Waals surface area contributed by atoms with Crippen molar-refractivity contribution in [1.82, 2.24) is 5.32 Å². The first-order valence-corrected chi connectivity index (χ1v) is 6.63. The van der Waals surface area contributed by atoms with Crippen LogP contribution in [0.5, 0.6) is 0 Å². The van der Waals surface area contributed by atoms with Gasteiger partial charge in [0.15, 0.2) is 0 Å². The highest BCUT2D eigenvalue weighted by molar-refractivity contribution is 6.17. The molecule has 0 bridgehead atoms. The quantitative estimate of drug-likeness (QED) is 0.562. The van der Waals surface area contributed by atoms with Gasteiger partial charge in [-0.1, -0.05) is 38.1 Å². The number of benzene rings is 1. The summed E-state index contributed by atoms with van der Waals surface area (Å²) in [6.07, 6.45) is 2.26. The van der Waals surface area contributed by atoms with Gasteiger partial charge in [-0.05, 0) is 36.4 Å². The van der Waals surface area contributed by atoms with Crippen molar-refractivity contribution in [2.45, 2.75) is 39.2 Å². The number of rotatable bonds is 7. The molecule has 0 aliphatic rings. The van der Waals surface area contributed by atoms with E-state index in [1.807, 2.05) is 0 Å². The first-order valence-electron chi connectivity index (χ1n) is 6.09. The fourth-order valence-electron chi connectivity index (χ4n) is 1.60. The average molecular weight is 240 g/mol. The molecule has 0 amide bonds. The van der Waals surface area contributed by atoms with Gasteiger partial charge >= 0.3 is 0 Å². The van der Waals surface area contributed by atoms with Gasteiger partial charge in [0.2, 0.25) is 0 Å². The van der Waals surface area contributed by atoms with Gasteiger partial charge in [-0.3, -0.25) is 0 Å². The molecule has 1 rings (SSSR count). The summed E-state index contributed by atoms with van der Waals surface area (Å²) >= 11 is 5.62. The van der Waals surface area contributed by atoms with E-state index in [9.17, 15) is 0 Å². The second-order valence-electron chi connectivity index (χ2n) is 4.47. The zero-order chi connectivity index (χ0) is 11.8. The first-order chi connectivity index (χ1) is 7.74. The fourth-order valence-corrected chi connectivity index (χ4v) is 1.79. The molecule has 0 heterocycles. The summed E-state index contributed by atoms with van der Waals surface area (Å²) < 4.78 is 0. The highest BCUT2D eigenvalue weighted by atomic mass is 35.5. The van der Waals surface area contributed by atoms with Crippen LogP contribution in [-0.2, 0) is 6.54 Å². The van der Waals surface area contributed by atoms with Crippen molar-refractivity contribution in [3.05, 3.63) is 35.4 Å². The highest BCUT2D eigenvalue weighted by Crippen LogP contribution is 2.14. The topological polar surface area (TPSA) is 12.0 Å². The maximum Gasteiger partial charge on any atom is 0.0223 e. The van der Waals surface area contributed by atoms with Crippen LogP contribution in [0.2, 0.25) is 0 Å². The van der Waals surface area contributed by atoms with Crippen LogP contribution in [0.1, 0.15) is 43.7 Å². The van der Waals surface area contributed by atoms with Gasteiger partial charge in [0.05, 0.1) is 0 Å². The largest absolute Gasteiger partial charge is 0.313 e. The lowest BCUT2D eigenvalue weighted by Crippen LogP contribution is -2.14. The Morgan fingerprint density at radius 2 is 1.81 bits per heavy atom. The van der Waals surface area contributed by atoms with E-state index in [2.05, 4.69) is 43.4 Å². The average Bonchev–Trinajstić information content (AvgIpc) is 2.29. The van der Waals surface area contributed by atoms with Crippen LogP contribution in [-0.4, -0.2) is 12.4 Å². The van der Waals surface area contributed by atoms with Gasteiger partial charge in [0.25, 0.3) is 0 Å². The van der Waals surface area contributed by atoms with E-state index in [0.717, 1.165) is 31.8 Å². The van der Waals surface area contributed by atoms with Gasteiger partial charge in [0.1, 0.15) is 0 Å². The standard InChI is InChI=1S/C14H22ClN/c1-12(2)14-7-5-13(6-8-14)11-16-10-4-3-9-15/h5-8,12,16H,3-4,9-11H2,1-2H3. The Kier molecular flexibility index (Phi) is 6.51. The molecule has 0 aromatic heterocycles. The summed E-state index contributed by atoms with van der Waals surface area (Å²) in [6, 6.07) is 8.87. The number of hydrogen-bond donors (Lipinski definition) is 1. The van der Waals surface area contributed by atoms with Crippen LogP contribution in [0.15, 0.2) is 24.3 Å². The van der Waals surface area contributed by atoms with Gasteiger partial charge < -0.3 is 5.32 Å². The molecule has 0 atom stereocenters. The maximum absolute atomic E-state index is 5.62. The van der Waals surface area contributed by atoms with Crippen molar-refractivity contribution in [2.75, 3.05) is 12.4 Å². The second kappa shape index (κ2) is 7.70. The van der Waals surface area contributed by atoms with E-state index in [1.165, 1.54) is 11.1 Å². The lowest BCUT2D eigenvalue weighted by atomic mass is 10.0. The summed E-state index contributed by atoms with van der Waals surface area (Å²) in [7, 11) is 0. The highest BCUT2D eigenvalue weighted by Gasteiger charge is 1.98. The minimum atomic E-state index is 0.616. The van der Waals surface area contributed by atoms with Gasteiger partial charge in [-0.25, -0.2) is 0 Å². The molecule has 0 radical (unpaired) electrons. The van der Waals surface area contributed by atoms with Crippen molar-refractivity contribution >= 4 is 11.6 Å². The summed E-state index contributed by atoms with van der Waals surface area (Å²) in [4.78, 5) is 0. The third kappa shape index (κ3) is 5.00. The van der Waals surface area contributed by atoms with Gasteiger partial charge in [-0.2, -0.15) is 0 Å². The van der Waals surface area contributed by atoms with E-state index in [0.29, 0.717) is 5.92 Å². The molecular weight excluding hydrogens is 218 g/mol. The molecule has 0 saturated carbocycles. The molecule has 0 aliphatic heterocycles. The number of nitrogens with one attached hydrogen (secondary N) is 1. The zero-order valence-corrected chi connectivity index (χ0v) is 11.1. The monoisotopic (exact) mass is 239 g/mol.